The molecule has 1 rings (SSSR count). The van der Waals surface area contributed by atoms with Crippen molar-refractivity contribution >= 4 is 12.1 Å². The molecule has 1 saturated heterocycles. The fourth-order valence-electron chi connectivity index (χ4n) is 2.33. The van der Waals surface area contributed by atoms with E-state index < -0.39 is 41.6 Å². The van der Waals surface area contributed by atoms with Gasteiger partial charge < -0.3 is 24.4 Å². The van der Waals surface area contributed by atoms with E-state index in [1.807, 2.05) is 0 Å². The minimum atomic E-state index is -1.78. The molecule has 1 amide bonds. The summed E-state index contributed by atoms with van der Waals surface area (Å²) in [7, 11) is 0. The summed E-state index contributed by atoms with van der Waals surface area (Å²) in [5, 5.41) is 20.2. The topological polar surface area (TPSA) is 106 Å². The van der Waals surface area contributed by atoms with Gasteiger partial charge >= 0.3 is 12.1 Å². The number of esters is 1. The van der Waals surface area contributed by atoms with Crippen LogP contribution in [0.25, 0.3) is 0 Å². The largest absolute Gasteiger partial charge is 0.464 e. The number of amides is 1. The number of aliphatic hydroxyl groups excluding tert-OH is 2. The molecule has 3 atom stereocenters. The van der Waals surface area contributed by atoms with Crippen LogP contribution in [-0.4, -0.2) is 70.0 Å². The highest BCUT2D eigenvalue weighted by atomic mass is 16.6. The Hall–Kier alpha value is -1.38. The van der Waals surface area contributed by atoms with E-state index in [1.54, 1.807) is 41.5 Å². The lowest BCUT2D eigenvalue weighted by Gasteiger charge is -2.37. The van der Waals surface area contributed by atoms with Crippen molar-refractivity contribution in [2.24, 2.45) is 0 Å². The molecule has 0 aromatic rings. The van der Waals surface area contributed by atoms with Gasteiger partial charge in [-0.15, -0.1) is 0 Å². The van der Waals surface area contributed by atoms with Crippen LogP contribution in [0, 0.1) is 0 Å². The summed E-state index contributed by atoms with van der Waals surface area (Å²) in [6, 6.07) is -0.931. The third kappa shape index (κ3) is 4.79. The molecule has 2 N–H and O–H groups in total. The van der Waals surface area contributed by atoms with Gasteiger partial charge in [-0.2, -0.15) is 0 Å². The zero-order valence-corrected chi connectivity index (χ0v) is 14.5. The molecule has 0 aromatic carbocycles. The molecule has 0 aliphatic carbocycles. The second kappa shape index (κ2) is 7.02. The van der Waals surface area contributed by atoms with Crippen molar-refractivity contribution in [3.8, 4) is 0 Å². The van der Waals surface area contributed by atoms with Crippen LogP contribution in [0.1, 0.15) is 41.5 Å². The summed E-state index contributed by atoms with van der Waals surface area (Å²) in [5.41, 5.74) is -1.77. The minimum Gasteiger partial charge on any atom is -0.464 e. The first-order valence-electron chi connectivity index (χ1n) is 7.59. The number of rotatable bonds is 4. The predicted octanol–water partition coefficient (Wildman–Crippen LogP) is 0.643. The molecule has 0 bridgehead atoms. The standard InChI is InChI=1S/C15H27NO7/c1-7-21-12(19)11(18)10(17)9-8-22-15(5,6)16(9)13(20)23-14(2,3)4/h9-11,17-18H,7-8H2,1-6H3/t9-,10-,11+/m1/s1. The molecule has 0 radical (unpaired) electrons. The molecule has 1 heterocycles. The van der Waals surface area contributed by atoms with Gasteiger partial charge in [0.15, 0.2) is 6.10 Å². The second-order valence-electron chi connectivity index (χ2n) is 6.86. The van der Waals surface area contributed by atoms with E-state index in [1.165, 1.54) is 4.90 Å². The van der Waals surface area contributed by atoms with Gasteiger partial charge in [0.1, 0.15) is 17.4 Å². The molecule has 23 heavy (non-hydrogen) atoms. The van der Waals surface area contributed by atoms with Crippen molar-refractivity contribution in [3.63, 3.8) is 0 Å². The Bertz CT molecular complexity index is 444. The Morgan fingerprint density at radius 1 is 1.35 bits per heavy atom. The van der Waals surface area contributed by atoms with Gasteiger partial charge in [0.25, 0.3) is 0 Å². The Morgan fingerprint density at radius 3 is 2.39 bits per heavy atom. The highest BCUT2D eigenvalue weighted by Gasteiger charge is 2.50. The summed E-state index contributed by atoms with van der Waals surface area (Å²) in [5.74, 6) is -0.950. The van der Waals surface area contributed by atoms with Crippen molar-refractivity contribution in [2.75, 3.05) is 13.2 Å². The van der Waals surface area contributed by atoms with E-state index in [0.717, 1.165) is 0 Å². The van der Waals surface area contributed by atoms with Crippen LogP contribution in [0.15, 0.2) is 0 Å². The fourth-order valence-corrected chi connectivity index (χ4v) is 2.33. The zero-order chi connectivity index (χ0) is 18.0. The number of hydrogen-bond acceptors (Lipinski definition) is 7. The van der Waals surface area contributed by atoms with Crippen LogP contribution >= 0.6 is 0 Å². The van der Waals surface area contributed by atoms with E-state index in [4.69, 9.17) is 9.47 Å². The molecule has 1 fully saturated rings. The Kier molecular flexibility index (Phi) is 6.00. The third-order valence-corrected chi connectivity index (χ3v) is 3.36. The van der Waals surface area contributed by atoms with Crippen LogP contribution < -0.4 is 0 Å². The van der Waals surface area contributed by atoms with Crippen LogP contribution in [0.5, 0.6) is 0 Å². The minimum absolute atomic E-state index is 0.0378. The number of carbonyl (C=O) groups excluding carboxylic acids is 2. The molecule has 1 aliphatic rings. The SMILES string of the molecule is CCOC(=O)[C@@H](O)[C@H](O)[C@H]1COC(C)(C)N1C(=O)OC(C)(C)C. The van der Waals surface area contributed by atoms with Gasteiger partial charge in [0, 0.05) is 0 Å². The highest BCUT2D eigenvalue weighted by Crippen LogP contribution is 2.31. The van der Waals surface area contributed by atoms with Gasteiger partial charge in [-0.25, -0.2) is 9.59 Å². The zero-order valence-electron chi connectivity index (χ0n) is 14.5. The third-order valence-electron chi connectivity index (χ3n) is 3.36. The Balaban J connectivity index is 2.95. The monoisotopic (exact) mass is 333 g/mol. The average Bonchev–Trinajstić information content (AvgIpc) is 2.71. The molecule has 8 heteroatoms. The van der Waals surface area contributed by atoms with Gasteiger partial charge in [0.2, 0.25) is 0 Å². The lowest BCUT2D eigenvalue weighted by molar-refractivity contribution is -0.162. The van der Waals surface area contributed by atoms with E-state index >= 15 is 0 Å². The number of aliphatic hydroxyl groups is 2. The lowest BCUT2D eigenvalue weighted by atomic mass is 10.0. The van der Waals surface area contributed by atoms with Crippen LogP contribution in [0.4, 0.5) is 4.79 Å². The fraction of sp³-hybridized carbons (Fsp3) is 0.867. The molecule has 134 valence electrons. The normalized spacial score (nSPS) is 23.3. The van der Waals surface area contributed by atoms with Crippen molar-refractivity contribution < 1.29 is 34.0 Å². The van der Waals surface area contributed by atoms with E-state index in [2.05, 4.69) is 4.74 Å². The van der Waals surface area contributed by atoms with Crippen molar-refractivity contribution in [1.82, 2.24) is 4.90 Å². The second-order valence-corrected chi connectivity index (χ2v) is 6.86. The first kappa shape index (κ1) is 19.7. The lowest BCUT2D eigenvalue weighted by Crippen LogP contribution is -2.56. The summed E-state index contributed by atoms with van der Waals surface area (Å²) < 4.78 is 15.5. The smallest absolute Gasteiger partial charge is 0.412 e. The Labute approximate surface area is 136 Å². The van der Waals surface area contributed by atoms with Gasteiger partial charge in [-0.3, -0.25) is 4.90 Å². The van der Waals surface area contributed by atoms with E-state index in [9.17, 15) is 19.8 Å². The summed E-state index contributed by atoms with van der Waals surface area (Å²) in [4.78, 5) is 25.2. The van der Waals surface area contributed by atoms with Crippen LogP contribution in [0.2, 0.25) is 0 Å². The predicted molar refractivity (Wildman–Crippen MR) is 80.5 cm³/mol. The van der Waals surface area contributed by atoms with Crippen molar-refractivity contribution in [1.29, 1.82) is 0 Å². The summed E-state index contributed by atoms with van der Waals surface area (Å²) in [6.45, 7) is 10.1. The maximum absolute atomic E-state index is 12.4. The maximum Gasteiger partial charge on any atom is 0.412 e. The molecule has 0 aromatic heterocycles. The van der Waals surface area contributed by atoms with Gasteiger partial charge in [0.05, 0.1) is 19.3 Å². The molecule has 0 unspecified atom stereocenters. The summed E-state index contributed by atoms with van der Waals surface area (Å²) in [6.07, 6.45) is -4.02. The molecular formula is C15H27NO7. The maximum atomic E-state index is 12.4. The molecule has 0 saturated carbocycles. The molecule has 8 nitrogen and oxygen atoms in total. The molecule has 0 spiro atoms. The first-order chi connectivity index (χ1) is 10.4. The van der Waals surface area contributed by atoms with Gasteiger partial charge in [-0.05, 0) is 41.5 Å². The molecule has 1 aliphatic heterocycles. The van der Waals surface area contributed by atoms with E-state index in [0.29, 0.717) is 0 Å². The quantitative estimate of drug-likeness (QED) is 0.727. The highest BCUT2D eigenvalue weighted by molar-refractivity contribution is 5.75. The number of ether oxygens (including phenoxy) is 3. The summed E-state index contributed by atoms with van der Waals surface area (Å²) >= 11 is 0. The van der Waals surface area contributed by atoms with Crippen LogP contribution in [-0.2, 0) is 19.0 Å². The number of nitrogens with zero attached hydrogens (tertiary/aromatic N) is 1. The van der Waals surface area contributed by atoms with E-state index in [-0.39, 0.29) is 13.2 Å². The average molecular weight is 333 g/mol. The van der Waals surface area contributed by atoms with Crippen molar-refractivity contribution in [2.45, 2.75) is 71.1 Å². The van der Waals surface area contributed by atoms with Crippen LogP contribution in [0.3, 0.4) is 0 Å². The van der Waals surface area contributed by atoms with Crippen molar-refractivity contribution in [3.05, 3.63) is 0 Å². The first-order valence-corrected chi connectivity index (χ1v) is 7.59. The number of hydrogen-bond donors (Lipinski definition) is 2. The number of carbonyl (C=O) groups is 2. The Morgan fingerprint density at radius 2 is 1.91 bits per heavy atom. The molecular weight excluding hydrogens is 306 g/mol. The van der Waals surface area contributed by atoms with Gasteiger partial charge in [-0.1, -0.05) is 0 Å².